The van der Waals surface area contributed by atoms with E-state index in [0.717, 1.165) is 25.1 Å². The maximum atomic E-state index is 9.16. The van der Waals surface area contributed by atoms with Crippen molar-refractivity contribution in [3.05, 3.63) is 47.4 Å². The second-order valence-corrected chi connectivity index (χ2v) is 4.73. The average Bonchev–Trinajstić information content (AvgIpc) is 2.46. The Morgan fingerprint density at radius 2 is 2.11 bits per heavy atom. The minimum absolute atomic E-state index is 0.385. The summed E-state index contributed by atoms with van der Waals surface area (Å²) in [5.41, 5.74) is 4.12. The van der Waals surface area contributed by atoms with Crippen molar-refractivity contribution < 1.29 is 0 Å². The van der Waals surface area contributed by atoms with E-state index < -0.39 is 0 Å². The first kappa shape index (κ1) is 11.7. The number of aromatic nitrogens is 2. The lowest BCUT2D eigenvalue weighted by Crippen LogP contribution is -2.26. The van der Waals surface area contributed by atoms with E-state index in [9.17, 15) is 0 Å². The molecular formula is C15H14N4. The van der Waals surface area contributed by atoms with Gasteiger partial charge in [-0.1, -0.05) is 17.7 Å². The predicted molar refractivity (Wildman–Crippen MR) is 73.3 cm³/mol. The van der Waals surface area contributed by atoms with E-state index in [0.29, 0.717) is 11.5 Å². The van der Waals surface area contributed by atoms with Crippen LogP contribution >= 0.6 is 0 Å². The molecule has 0 fully saturated rings. The normalized spacial score (nSPS) is 13.8. The lowest BCUT2D eigenvalue weighted by Gasteiger charge is -2.30. The highest BCUT2D eigenvalue weighted by molar-refractivity contribution is 5.68. The fourth-order valence-electron chi connectivity index (χ4n) is 2.55. The molecule has 1 aliphatic heterocycles. The van der Waals surface area contributed by atoms with Crippen LogP contribution in [-0.4, -0.2) is 16.5 Å². The van der Waals surface area contributed by atoms with Crippen molar-refractivity contribution >= 4 is 11.5 Å². The smallest absolute Gasteiger partial charge is 0.183 e. The van der Waals surface area contributed by atoms with Crippen LogP contribution in [0, 0.1) is 18.3 Å². The van der Waals surface area contributed by atoms with Crippen molar-refractivity contribution in [2.45, 2.75) is 19.8 Å². The molecule has 3 rings (SSSR count). The summed E-state index contributed by atoms with van der Waals surface area (Å²) >= 11 is 0. The van der Waals surface area contributed by atoms with Gasteiger partial charge in [-0.25, -0.2) is 9.97 Å². The first-order valence-electron chi connectivity index (χ1n) is 6.38. The molecule has 2 heterocycles. The van der Waals surface area contributed by atoms with Gasteiger partial charge in [0.1, 0.15) is 6.07 Å². The highest BCUT2D eigenvalue weighted by atomic mass is 15.2. The summed E-state index contributed by atoms with van der Waals surface area (Å²) in [6.45, 7) is 2.98. The topological polar surface area (TPSA) is 52.8 Å². The zero-order valence-electron chi connectivity index (χ0n) is 10.8. The molecule has 0 aliphatic carbocycles. The Balaban J connectivity index is 2.12. The van der Waals surface area contributed by atoms with Crippen LogP contribution in [0.1, 0.15) is 23.2 Å². The number of nitriles is 1. The van der Waals surface area contributed by atoms with Crippen LogP contribution in [0.5, 0.6) is 0 Å². The molecule has 1 aliphatic rings. The summed E-state index contributed by atoms with van der Waals surface area (Å²) in [7, 11) is 0. The van der Waals surface area contributed by atoms with Gasteiger partial charge in [-0.3, -0.25) is 0 Å². The van der Waals surface area contributed by atoms with Gasteiger partial charge in [-0.15, -0.1) is 0 Å². The maximum Gasteiger partial charge on any atom is 0.183 e. The van der Waals surface area contributed by atoms with Gasteiger partial charge in [0.05, 0.1) is 0 Å². The Morgan fingerprint density at radius 3 is 2.95 bits per heavy atom. The molecule has 1 aromatic heterocycles. The van der Waals surface area contributed by atoms with Crippen LogP contribution in [0.3, 0.4) is 0 Å². The fourth-order valence-corrected chi connectivity index (χ4v) is 2.55. The van der Waals surface area contributed by atoms with Crippen LogP contribution in [0.4, 0.5) is 11.5 Å². The van der Waals surface area contributed by atoms with Gasteiger partial charge in [-0.05, 0) is 31.4 Å². The summed E-state index contributed by atoms with van der Waals surface area (Å²) < 4.78 is 0. The molecule has 0 amide bonds. The lowest BCUT2D eigenvalue weighted by atomic mass is 9.99. The SMILES string of the molecule is Cc1ccc2c(c1)CCCN2c1nccnc1C#N. The zero-order chi connectivity index (χ0) is 13.2. The third-order valence-corrected chi connectivity index (χ3v) is 3.39. The molecule has 0 bridgehead atoms. The Kier molecular flexibility index (Phi) is 2.88. The van der Waals surface area contributed by atoms with Gasteiger partial charge >= 0.3 is 0 Å². The molecule has 0 radical (unpaired) electrons. The quantitative estimate of drug-likeness (QED) is 0.781. The Labute approximate surface area is 112 Å². The van der Waals surface area contributed by atoms with E-state index in [4.69, 9.17) is 5.26 Å². The number of nitrogens with zero attached hydrogens (tertiary/aromatic N) is 4. The number of fused-ring (bicyclic) bond motifs is 1. The summed E-state index contributed by atoms with van der Waals surface area (Å²) in [6.07, 6.45) is 5.34. The molecule has 0 saturated heterocycles. The van der Waals surface area contributed by atoms with E-state index in [2.05, 4.69) is 46.1 Å². The second-order valence-electron chi connectivity index (χ2n) is 4.73. The van der Waals surface area contributed by atoms with Gasteiger partial charge < -0.3 is 4.90 Å². The third kappa shape index (κ3) is 2.04. The van der Waals surface area contributed by atoms with Crippen LogP contribution in [0.25, 0.3) is 0 Å². The molecule has 0 spiro atoms. The van der Waals surface area contributed by atoms with Gasteiger partial charge in [-0.2, -0.15) is 5.26 Å². The second kappa shape index (κ2) is 4.69. The highest BCUT2D eigenvalue weighted by Crippen LogP contribution is 2.33. The van der Waals surface area contributed by atoms with Crippen molar-refractivity contribution in [1.29, 1.82) is 5.26 Å². The van der Waals surface area contributed by atoms with Gasteiger partial charge in [0.25, 0.3) is 0 Å². The van der Waals surface area contributed by atoms with E-state index >= 15 is 0 Å². The number of hydrogen-bond donors (Lipinski definition) is 0. The van der Waals surface area contributed by atoms with E-state index in [1.165, 1.54) is 11.1 Å². The molecular weight excluding hydrogens is 236 g/mol. The van der Waals surface area contributed by atoms with Crippen molar-refractivity contribution in [3.63, 3.8) is 0 Å². The first-order chi connectivity index (χ1) is 9.29. The molecule has 4 nitrogen and oxygen atoms in total. The zero-order valence-corrected chi connectivity index (χ0v) is 10.8. The molecule has 1 aromatic carbocycles. The van der Waals surface area contributed by atoms with Crippen LogP contribution in [-0.2, 0) is 6.42 Å². The van der Waals surface area contributed by atoms with Gasteiger partial charge in [0.2, 0.25) is 0 Å². The molecule has 0 unspecified atom stereocenters. The Morgan fingerprint density at radius 1 is 1.26 bits per heavy atom. The largest absolute Gasteiger partial charge is 0.324 e. The predicted octanol–water partition coefficient (Wildman–Crippen LogP) is 2.74. The molecule has 0 atom stereocenters. The van der Waals surface area contributed by atoms with Crippen molar-refractivity contribution in [2.75, 3.05) is 11.4 Å². The van der Waals surface area contributed by atoms with E-state index in [-0.39, 0.29) is 0 Å². The molecule has 0 N–H and O–H groups in total. The van der Waals surface area contributed by atoms with Crippen molar-refractivity contribution in [3.8, 4) is 6.07 Å². The molecule has 19 heavy (non-hydrogen) atoms. The van der Waals surface area contributed by atoms with Crippen LogP contribution < -0.4 is 4.90 Å². The number of hydrogen-bond acceptors (Lipinski definition) is 4. The number of benzene rings is 1. The number of rotatable bonds is 1. The van der Waals surface area contributed by atoms with E-state index in [1.807, 2.05) is 0 Å². The number of anilines is 2. The molecule has 2 aromatic rings. The summed E-state index contributed by atoms with van der Waals surface area (Å²) in [6, 6.07) is 8.54. The average molecular weight is 250 g/mol. The summed E-state index contributed by atoms with van der Waals surface area (Å²) in [4.78, 5) is 10.5. The van der Waals surface area contributed by atoms with Crippen molar-refractivity contribution in [2.24, 2.45) is 0 Å². The Hall–Kier alpha value is -2.41. The minimum atomic E-state index is 0.385. The maximum absolute atomic E-state index is 9.16. The lowest BCUT2D eigenvalue weighted by molar-refractivity contribution is 0.756. The minimum Gasteiger partial charge on any atom is -0.324 e. The van der Waals surface area contributed by atoms with Gasteiger partial charge in [0, 0.05) is 24.6 Å². The standard InChI is InChI=1S/C15H14N4/c1-11-4-5-14-12(9-11)3-2-8-19(14)15-13(10-16)17-6-7-18-15/h4-7,9H,2-3,8H2,1H3. The Bertz CT molecular complexity index is 657. The van der Waals surface area contributed by atoms with E-state index in [1.54, 1.807) is 12.4 Å². The van der Waals surface area contributed by atoms with Crippen LogP contribution in [0.15, 0.2) is 30.6 Å². The number of aryl methyl sites for hydroxylation is 2. The molecule has 94 valence electrons. The van der Waals surface area contributed by atoms with Crippen LogP contribution in [0.2, 0.25) is 0 Å². The van der Waals surface area contributed by atoms with Gasteiger partial charge in [0.15, 0.2) is 11.5 Å². The monoisotopic (exact) mass is 250 g/mol. The molecule has 4 heteroatoms. The third-order valence-electron chi connectivity index (χ3n) is 3.39. The fraction of sp³-hybridized carbons (Fsp3) is 0.267. The molecule has 0 saturated carbocycles. The summed E-state index contributed by atoms with van der Waals surface area (Å²) in [5, 5.41) is 9.16. The first-order valence-corrected chi connectivity index (χ1v) is 6.38. The summed E-state index contributed by atoms with van der Waals surface area (Å²) in [5.74, 6) is 0.662. The van der Waals surface area contributed by atoms with Crippen molar-refractivity contribution in [1.82, 2.24) is 9.97 Å². The highest BCUT2D eigenvalue weighted by Gasteiger charge is 2.21.